The largest absolute Gasteiger partial charge is 0.493 e. The van der Waals surface area contributed by atoms with Gasteiger partial charge in [0.2, 0.25) is 0 Å². The highest BCUT2D eigenvalue weighted by Crippen LogP contribution is 2.26. The molecule has 2 N–H and O–H groups in total. The molecule has 0 saturated heterocycles. The molecule has 17 heavy (non-hydrogen) atoms. The van der Waals surface area contributed by atoms with E-state index in [1.54, 1.807) is 20.8 Å². The van der Waals surface area contributed by atoms with Crippen molar-refractivity contribution in [2.75, 3.05) is 6.61 Å². The molecule has 0 fully saturated rings. The van der Waals surface area contributed by atoms with E-state index >= 15 is 0 Å². The molecule has 0 amide bonds. The zero-order chi connectivity index (χ0) is 13.1. The van der Waals surface area contributed by atoms with Crippen molar-refractivity contribution in [3.8, 4) is 5.75 Å². The van der Waals surface area contributed by atoms with E-state index in [2.05, 4.69) is 0 Å². The summed E-state index contributed by atoms with van der Waals surface area (Å²) >= 11 is 0. The average Bonchev–Trinajstić information content (AvgIpc) is 2.18. The molecule has 1 aromatic carbocycles. The Bertz CT molecular complexity index is 364. The van der Waals surface area contributed by atoms with Crippen molar-refractivity contribution in [1.29, 1.82) is 0 Å². The Morgan fingerprint density at radius 3 is 2.53 bits per heavy atom. The smallest absolute Gasteiger partial charge is 0.125 e. The van der Waals surface area contributed by atoms with Crippen molar-refractivity contribution in [2.24, 2.45) is 0 Å². The normalized spacial score (nSPS) is 13.5. The first kappa shape index (κ1) is 14.0. The molecule has 0 spiro atoms. The van der Waals surface area contributed by atoms with E-state index in [1.807, 2.05) is 25.1 Å². The maximum atomic E-state index is 9.66. The van der Waals surface area contributed by atoms with Gasteiger partial charge in [-0.3, -0.25) is 0 Å². The third kappa shape index (κ3) is 4.75. The zero-order valence-corrected chi connectivity index (χ0v) is 11.0. The minimum atomic E-state index is -0.726. The van der Waals surface area contributed by atoms with Crippen LogP contribution in [-0.2, 0) is 0 Å². The van der Waals surface area contributed by atoms with Crippen LogP contribution in [0, 0.1) is 6.92 Å². The van der Waals surface area contributed by atoms with Crippen molar-refractivity contribution in [3.05, 3.63) is 29.3 Å². The summed E-state index contributed by atoms with van der Waals surface area (Å²) in [6.45, 7) is 7.64. The van der Waals surface area contributed by atoms with Gasteiger partial charge in [-0.15, -0.1) is 0 Å². The summed E-state index contributed by atoms with van der Waals surface area (Å²) in [4.78, 5) is 0. The summed E-state index contributed by atoms with van der Waals surface area (Å²) in [5, 5.41) is 19.2. The first-order valence-electron chi connectivity index (χ1n) is 5.93. The Hall–Kier alpha value is -1.06. The second-order valence-electron chi connectivity index (χ2n) is 5.13. The van der Waals surface area contributed by atoms with Crippen LogP contribution in [0.1, 0.15) is 44.4 Å². The summed E-state index contributed by atoms with van der Waals surface area (Å²) in [6, 6.07) is 5.73. The van der Waals surface area contributed by atoms with Crippen molar-refractivity contribution in [2.45, 2.75) is 45.8 Å². The molecule has 0 aliphatic heterocycles. The van der Waals surface area contributed by atoms with Crippen LogP contribution in [-0.4, -0.2) is 22.4 Å². The molecule has 1 rings (SSSR count). The zero-order valence-electron chi connectivity index (χ0n) is 11.0. The predicted molar refractivity (Wildman–Crippen MR) is 68.2 cm³/mol. The lowest BCUT2D eigenvalue weighted by Crippen LogP contribution is -2.22. The fraction of sp³-hybridized carbons (Fsp3) is 0.571. The van der Waals surface area contributed by atoms with Crippen molar-refractivity contribution in [3.63, 3.8) is 0 Å². The Balaban J connectivity index is 2.70. The Morgan fingerprint density at radius 1 is 1.35 bits per heavy atom. The van der Waals surface area contributed by atoms with E-state index in [4.69, 9.17) is 4.74 Å². The number of benzene rings is 1. The van der Waals surface area contributed by atoms with E-state index < -0.39 is 11.7 Å². The fourth-order valence-electron chi connectivity index (χ4n) is 1.54. The standard InChI is InChI=1S/C14H22O3/c1-10-5-6-13(12(9-10)11(2)15)17-8-7-14(3,4)16/h5-6,9,11,15-16H,7-8H2,1-4H3. The molecule has 3 heteroatoms. The van der Waals surface area contributed by atoms with Crippen LogP contribution in [0.25, 0.3) is 0 Å². The van der Waals surface area contributed by atoms with Crippen molar-refractivity contribution < 1.29 is 14.9 Å². The lowest BCUT2D eigenvalue weighted by molar-refractivity contribution is 0.0548. The monoisotopic (exact) mass is 238 g/mol. The maximum Gasteiger partial charge on any atom is 0.125 e. The second-order valence-corrected chi connectivity index (χ2v) is 5.13. The number of hydrogen-bond donors (Lipinski definition) is 2. The molecule has 0 heterocycles. The molecule has 0 aliphatic carbocycles. The number of rotatable bonds is 5. The molecule has 0 radical (unpaired) electrons. The van der Waals surface area contributed by atoms with Gasteiger partial charge in [0.05, 0.1) is 18.3 Å². The number of hydrogen-bond acceptors (Lipinski definition) is 3. The average molecular weight is 238 g/mol. The van der Waals surface area contributed by atoms with Crippen LogP contribution in [0.2, 0.25) is 0 Å². The Labute approximate surface area is 103 Å². The number of ether oxygens (including phenoxy) is 1. The summed E-state index contributed by atoms with van der Waals surface area (Å²) in [7, 11) is 0. The van der Waals surface area contributed by atoms with Gasteiger partial charge in [-0.2, -0.15) is 0 Å². The third-order valence-corrected chi connectivity index (χ3v) is 2.59. The molecule has 3 nitrogen and oxygen atoms in total. The Kier molecular flexibility index (Phi) is 4.54. The summed E-state index contributed by atoms with van der Waals surface area (Å²) in [6.07, 6.45) is 0.00664. The minimum Gasteiger partial charge on any atom is -0.493 e. The molecule has 96 valence electrons. The SMILES string of the molecule is Cc1ccc(OCCC(C)(C)O)c(C(C)O)c1. The van der Waals surface area contributed by atoms with E-state index in [0.717, 1.165) is 11.1 Å². The highest BCUT2D eigenvalue weighted by atomic mass is 16.5. The van der Waals surface area contributed by atoms with Crippen LogP contribution >= 0.6 is 0 Å². The lowest BCUT2D eigenvalue weighted by Gasteiger charge is -2.19. The van der Waals surface area contributed by atoms with Gasteiger partial charge in [0, 0.05) is 12.0 Å². The van der Waals surface area contributed by atoms with Crippen LogP contribution in [0.4, 0.5) is 0 Å². The summed E-state index contributed by atoms with van der Waals surface area (Å²) < 4.78 is 5.61. The first-order chi connectivity index (χ1) is 7.79. The fourth-order valence-corrected chi connectivity index (χ4v) is 1.54. The molecular formula is C14H22O3. The van der Waals surface area contributed by atoms with Gasteiger partial charge in [0.1, 0.15) is 5.75 Å². The Morgan fingerprint density at radius 2 is 2.00 bits per heavy atom. The van der Waals surface area contributed by atoms with Crippen LogP contribution in [0.3, 0.4) is 0 Å². The highest BCUT2D eigenvalue weighted by Gasteiger charge is 2.14. The number of aliphatic hydroxyl groups excluding tert-OH is 1. The predicted octanol–water partition coefficient (Wildman–Crippen LogP) is 2.59. The molecular weight excluding hydrogens is 216 g/mol. The third-order valence-electron chi connectivity index (χ3n) is 2.59. The van der Waals surface area contributed by atoms with Crippen LogP contribution in [0.15, 0.2) is 18.2 Å². The second kappa shape index (κ2) is 5.52. The maximum absolute atomic E-state index is 9.66. The highest BCUT2D eigenvalue weighted by molar-refractivity contribution is 5.38. The van der Waals surface area contributed by atoms with Gasteiger partial charge in [0.15, 0.2) is 0 Å². The molecule has 0 bridgehead atoms. The minimum absolute atomic E-state index is 0.437. The molecule has 1 atom stereocenters. The van der Waals surface area contributed by atoms with Gasteiger partial charge in [-0.05, 0) is 39.8 Å². The van der Waals surface area contributed by atoms with Gasteiger partial charge in [-0.1, -0.05) is 11.6 Å². The van der Waals surface area contributed by atoms with Gasteiger partial charge < -0.3 is 14.9 Å². The quantitative estimate of drug-likeness (QED) is 0.829. The van der Waals surface area contributed by atoms with Gasteiger partial charge in [0.25, 0.3) is 0 Å². The van der Waals surface area contributed by atoms with Crippen molar-refractivity contribution in [1.82, 2.24) is 0 Å². The molecule has 0 aliphatic rings. The van der Waals surface area contributed by atoms with E-state index in [9.17, 15) is 10.2 Å². The van der Waals surface area contributed by atoms with Crippen LogP contribution in [0.5, 0.6) is 5.75 Å². The summed E-state index contributed by atoms with van der Waals surface area (Å²) in [5.74, 6) is 0.690. The van der Waals surface area contributed by atoms with E-state index in [0.29, 0.717) is 18.8 Å². The molecule has 0 saturated carbocycles. The van der Waals surface area contributed by atoms with Gasteiger partial charge in [-0.25, -0.2) is 0 Å². The van der Waals surface area contributed by atoms with Crippen LogP contribution < -0.4 is 4.74 Å². The number of aryl methyl sites for hydroxylation is 1. The summed E-state index contributed by atoms with van der Waals surface area (Å²) in [5.41, 5.74) is 1.16. The molecule has 0 aromatic heterocycles. The first-order valence-corrected chi connectivity index (χ1v) is 5.93. The lowest BCUT2D eigenvalue weighted by atomic mass is 10.1. The molecule has 1 unspecified atom stereocenters. The number of aliphatic hydroxyl groups is 2. The topological polar surface area (TPSA) is 49.7 Å². The van der Waals surface area contributed by atoms with E-state index in [-0.39, 0.29) is 0 Å². The van der Waals surface area contributed by atoms with Gasteiger partial charge >= 0.3 is 0 Å². The van der Waals surface area contributed by atoms with Crippen molar-refractivity contribution >= 4 is 0 Å². The molecule has 1 aromatic rings. The van der Waals surface area contributed by atoms with E-state index in [1.165, 1.54) is 0 Å².